The molecular weight excluding hydrogens is 840 g/mol. The van der Waals surface area contributed by atoms with Crippen molar-refractivity contribution < 1.29 is 4.42 Å². The largest absolute Gasteiger partial charge is 0.456 e. The van der Waals surface area contributed by atoms with E-state index in [-0.39, 0.29) is 21.9 Å². The van der Waals surface area contributed by atoms with Gasteiger partial charge in [0.15, 0.2) is 0 Å². The van der Waals surface area contributed by atoms with Crippen LogP contribution in [0.5, 0.6) is 0 Å². The molecule has 13 aromatic rings. The van der Waals surface area contributed by atoms with E-state index in [1.807, 2.05) is 77.4 Å². The minimum atomic E-state index is 0.159. The molecule has 10 heteroatoms. The van der Waals surface area contributed by atoms with E-state index >= 15 is 0 Å². The number of rotatable bonds is 6. The van der Waals surface area contributed by atoms with Crippen molar-refractivity contribution in [3.05, 3.63) is 188 Å². The molecule has 0 unspecified atom stereocenters. The average molecular weight is 872 g/mol. The van der Waals surface area contributed by atoms with Crippen LogP contribution in [-0.4, -0.2) is 64.1 Å². The van der Waals surface area contributed by atoms with Crippen LogP contribution in [0.3, 0.4) is 0 Å². The third-order valence-corrected chi connectivity index (χ3v) is 14.1. The minimum Gasteiger partial charge on any atom is -0.456 e. The molecule has 0 fully saturated rings. The van der Waals surface area contributed by atoms with Crippen molar-refractivity contribution in [2.45, 2.75) is 0 Å². The molecule has 0 aliphatic carbocycles. The van der Waals surface area contributed by atoms with Gasteiger partial charge < -0.3 is 13.6 Å². The molecule has 14 radical (unpaired) electrons. The van der Waals surface area contributed by atoms with Crippen LogP contribution in [0.1, 0.15) is 0 Å². The lowest BCUT2D eigenvalue weighted by Gasteiger charge is -2.21. The van der Waals surface area contributed by atoms with Gasteiger partial charge in [0.25, 0.3) is 0 Å². The molecule has 0 spiro atoms. The van der Waals surface area contributed by atoms with Gasteiger partial charge in [-0.2, -0.15) is 0 Å². The van der Waals surface area contributed by atoms with Crippen molar-refractivity contribution in [3.8, 4) is 55.9 Å². The second kappa shape index (κ2) is 16.1. The Morgan fingerprint density at radius 1 is 0.300 bits per heavy atom. The summed E-state index contributed by atoms with van der Waals surface area (Å²) in [7, 11) is 49.9. The Balaban J connectivity index is 1.12. The van der Waals surface area contributed by atoms with Gasteiger partial charge in [0.1, 0.15) is 66.1 Å². The number of furan rings is 1. The molecule has 3 nitrogen and oxygen atoms in total. The number of hydrogen-bond donors (Lipinski definition) is 0. The fraction of sp³-hybridized carbons (Fsp3) is 0. The number of nitrogens with zero attached hydrogens (tertiary/aromatic N) is 2. The maximum Gasteiger partial charge on any atom is 0.137 e. The molecular formula is C60H31B7N2O. The van der Waals surface area contributed by atoms with Crippen LogP contribution < -0.4 is 38.2 Å². The second-order valence-corrected chi connectivity index (χ2v) is 17.9. The summed E-state index contributed by atoms with van der Waals surface area (Å²) in [4.78, 5) is 0. The molecule has 10 aromatic carbocycles. The molecule has 0 bridgehead atoms. The Morgan fingerprint density at radius 2 is 0.886 bits per heavy atom. The monoisotopic (exact) mass is 872 g/mol. The van der Waals surface area contributed by atoms with Crippen molar-refractivity contribution in [3.63, 3.8) is 0 Å². The van der Waals surface area contributed by atoms with Crippen molar-refractivity contribution in [2.75, 3.05) is 0 Å². The summed E-state index contributed by atoms with van der Waals surface area (Å²) in [6, 6.07) is 64.3. The summed E-state index contributed by atoms with van der Waals surface area (Å²) in [6.07, 6.45) is 0. The molecule has 0 aliphatic heterocycles. The summed E-state index contributed by atoms with van der Waals surface area (Å²) >= 11 is 0. The highest BCUT2D eigenvalue weighted by molar-refractivity contribution is 6.69. The van der Waals surface area contributed by atoms with Gasteiger partial charge in [-0.05, 0) is 92.9 Å². The van der Waals surface area contributed by atoms with Gasteiger partial charge in [-0.15, -0.1) is 10.9 Å². The number of fused-ring (bicyclic) bond motifs is 9. The normalized spacial score (nSPS) is 11.8. The first kappa shape index (κ1) is 42.2. The quantitative estimate of drug-likeness (QED) is 0.156. The van der Waals surface area contributed by atoms with Gasteiger partial charge in [-0.25, -0.2) is 0 Å². The Kier molecular flexibility index (Phi) is 9.68. The van der Waals surface area contributed by atoms with Gasteiger partial charge in [-0.1, -0.05) is 167 Å². The molecule has 0 N–H and O–H groups in total. The third-order valence-electron chi connectivity index (χ3n) is 14.1. The number of hydrogen-bond acceptors (Lipinski definition) is 1. The van der Waals surface area contributed by atoms with E-state index in [9.17, 15) is 0 Å². The zero-order valence-electron chi connectivity index (χ0n) is 37.7. The summed E-state index contributed by atoms with van der Waals surface area (Å²) in [6.45, 7) is 0. The van der Waals surface area contributed by atoms with Crippen molar-refractivity contribution >= 4 is 159 Å². The molecule has 70 heavy (non-hydrogen) atoms. The lowest BCUT2D eigenvalue weighted by Crippen LogP contribution is -2.48. The SMILES string of the molecule is [B]c1c([B])c([B])c2c(c1[B])c1c([B])c(-c3ccc4c(c3)c3c(-c5ccccc5)cccc3n4-c3cccc4oc5ccccc5c34)c([B])c([B])c1n2-c1ccc(-c2ccccc2)cc1-c1ccccc1. The predicted octanol–water partition coefficient (Wildman–Crippen LogP) is 8.00. The molecule has 3 heterocycles. The Bertz CT molecular complexity index is 4310. The standard InChI is InChI=1S/C60H31B7N2O/c61-52-47(36-27-29-42-40(31-36)48-37(33-16-6-2-7-17-33)21-12-22-43(48)68(42)44-23-13-25-46-49(44)38-20-10-11-24-45(38)70-46)53(62)57(66)59-50(52)51-54(63)55(64)56(65)58(67)60(51)69(59)41-28-26-35(32-14-4-1-5-15-32)30-39(41)34-18-8-3-9-19-34/h1-31H. The third kappa shape index (κ3) is 6.12. The van der Waals surface area contributed by atoms with Gasteiger partial charge in [0.2, 0.25) is 0 Å². The summed E-state index contributed by atoms with van der Waals surface area (Å²) in [5, 5.41) is 5.20. The highest BCUT2D eigenvalue weighted by Crippen LogP contribution is 2.43. The number of aromatic nitrogens is 2. The van der Waals surface area contributed by atoms with E-state index in [4.69, 9.17) is 59.3 Å². The lowest BCUT2D eigenvalue weighted by atomic mass is 9.64. The first-order valence-corrected chi connectivity index (χ1v) is 23.0. The molecule has 13 rings (SSSR count). The average Bonchev–Trinajstić information content (AvgIpc) is 4.08. The van der Waals surface area contributed by atoms with Gasteiger partial charge in [0.05, 0.1) is 27.8 Å². The predicted molar refractivity (Wildman–Crippen MR) is 302 cm³/mol. The van der Waals surface area contributed by atoms with E-state index in [1.54, 1.807) is 0 Å². The van der Waals surface area contributed by atoms with Gasteiger partial charge >= 0.3 is 0 Å². The first-order valence-electron chi connectivity index (χ1n) is 23.0. The minimum absolute atomic E-state index is 0.159. The molecule has 0 saturated heterocycles. The molecule has 0 amide bonds. The fourth-order valence-electron chi connectivity index (χ4n) is 10.9. The van der Waals surface area contributed by atoms with Gasteiger partial charge in [0, 0.05) is 38.1 Å². The van der Waals surface area contributed by atoms with Crippen molar-refractivity contribution in [1.82, 2.24) is 9.13 Å². The highest BCUT2D eigenvalue weighted by atomic mass is 16.3. The van der Waals surface area contributed by atoms with Crippen molar-refractivity contribution in [1.29, 1.82) is 0 Å². The topological polar surface area (TPSA) is 23.0 Å². The van der Waals surface area contributed by atoms with Crippen LogP contribution in [0, 0.1) is 0 Å². The maximum atomic E-state index is 7.58. The van der Waals surface area contributed by atoms with E-state index in [0.29, 0.717) is 43.8 Å². The first-order chi connectivity index (χ1) is 34.2. The number of para-hydroxylation sites is 1. The highest BCUT2D eigenvalue weighted by Gasteiger charge is 2.27. The van der Waals surface area contributed by atoms with E-state index in [1.165, 1.54) is 0 Å². The van der Waals surface area contributed by atoms with Crippen LogP contribution >= 0.6 is 0 Å². The fourth-order valence-corrected chi connectivity index (χ4v) is 10.9. The summed E-state index contributed by atoms with van der Waals surface area (Å²) < 4.78 is 10.7. The Morgan fingerprint density at radius 3 is 1.61 bits per heavy atom. The molecule has 3 aromatic heterocycles. The Hall–Kier alpha value is -7.95. The van der Waals surface area contributed by atoms with Crippen LogP contribution in [0.15, 0.2) is 192 Å². The van der Waals surface area contributed by atoms with Crippen LogP contribution in [0.2, 0.25) is 0 Å². The molecule has 0 aliphatic rings. The molecule has 308 valence electrons. The summed E-state index contributed by atoms with van der Waals surface area (Å²) in [5.41, 5.74) is 15.7. The number of benzene rings is 10. The second-order valence-electron chi connectivity index (χ2n) is 17.9. The lowest BCUT2D eigenvalue weighted by molar-refractivity contribution is 0.669. The maximum absolute atomic E-state index is 7.58. The summed E-state index contributed by atoms with van der Waals surface area (Å²) in [5.74, 6) is 0. The van der Waals surface area contributed by atoms with Crippen molar-refractivity contribution in [2.24, 2.45) is 0 Å². The van der Waals surface area contributed by atoms with E-state index in [0.717, 1.165) is 94.1 Å². The van der Waals surface area contributed by atoms with E-state index < -0.39 is 0 Å². The zero-order valence-corrected chi connectivity index (χ0v) is 37.7. The Labute approximate surface area is 414 Å². The van der Waals surface area contributed by atoms with E-state index in [2.05, 4.69) is 120 Å². The van der Waals surface area contributed by atoms with Crippen LogP contribution in [0.4, 0.5) is 0 Å². The molecule has 0 atom stereocenters. The van der Waals surface area contributed by atoms with Crippen LogP contribution in [-0.2, 0) is 0 Å². The van der Waals surface area contributed by atoms with Gasteiger partial charge in [-0.3, -0.25) is 0 Å². The smallest absolute Gasteiger partial charge is 0.137 e. The molecule has 0 saturated carbocycles. The van der Waals surface area contributed by atoms with Crippen LogP contribution in [0.25, 0.3) is 121 Å². The zero-order chi connectivity index (χ0) is 47.5.